The van der Waals surface area contributed by atoms with Crippen molar-refractivity contribution in [3.05, 3.63) is 0 Å². The zero-order valence-corrected chi connectivity index (χ0v) is 12.9. The van der Waals surface area contributed by atoms with Crippen LogP contribution in [0, 0.1) is 11.3 Å². The minimum Gasteiger partial charge on any atom is -0.481 e. The number of carbonyl (C=O) groups is 2. The van der Waals surface area contributed by atoms with Gasteiger partial charge in [0.15, 0.2) is 0 Å². The molecule has 1 heterocycles. The van der Waals surface area contributed by atoms with E-state index in [-0.39, 0.29) is 24.1 Å². The first-order valence-electron chi connectivity index (χ1n) is 7.80. The maximum Gasteiger partial charge on any atom is 0.317 e. The zero-order chi connectivity index (χ0) is 15.5. The summed E-state index contributed by atoms with van der Waals surface area (Å²) >= 11 is 0. The fourth-order valence-electron chi connectivity index (χ4n) is 3.48. The van der Waals surface area contributed by atoms with Crippen LogP contribution < -0.4 is 5.32 Å². The van der Waals surface area contributed by atoms with E-state index in [2.05, 4.69) is 12.2 Å². The van der Waals surface area contributed by atoms with Crippen LogP contribution in [0.25, 0.3) is 0 Å². The van der Waals surface area contributed by atoms with E-state index in [4.69, 9.17) is 9.84 Å². The summed E-state index contributed by atoms with van der Waals surface area (Å²) in [4.78, 5) is 24.9. The van der Waals surface area contributed by atoms with E-state index in [9.17, 15) is 9.59 Å². The first kappa shape index (κ1) is 16.1. The molecular formula is C15H26N2O4. The number of hydrogen-bond acceptors (Lipinski definition) is 3. The highest BCUT2D eigenvalue weighted by molar-refractivity contribution is 5.77. The molecule has 1 aliphatic carbocycles. The van der Waals surface area contributed by atoms with Gasteiger partial charge in [0.05, 0.1) is 19.3 Å². The van der Waals surface area contributed by atoms with Crippen molar-refractivity contribution in [1.29, 1.82) is 0 Å². The van der Waals surface area contributed by atoms with Crippen LogP contribution >= 0.6 is 0 Å². The molecule has 2 aliphatic rings. The second-order valence-corrected chi connectivity index (χ2v) is 6.38. The van der Waals surface area contributed by atoms with Crippen LogP contribution in [0.5, 0.6) is 0 Å². The number of nitrogens with zero attached hydrogens (tertiary/aromatic N) is 1. The van der Waals surface area contributed by atoms with Gasteiger partial charge >= 0.3 is 12.0 Å². The van der Waals surface area contributed by atoms with Crippen LogP contribution in [0.15, 0.2) is 0 Å². The summed E-state index contributed by atoms with van der Waals surface area (Å²) in [7, 11) is 1.65. The van der Waals surface area contributed by atoms with E-state index in [1.807, 2.05) is 0 Å². The Morgan fingerprint density at radius 1 is 1.33 bits per heavy atom. The van der Waals surface area contributed by atoms with Gasteiger partial charge in [-0.2, -0.15) is 0 Å². The molecule has 2 N–H and O–H groups in total. The molecule has 2 fully saturated rings. The third-order valence-corrected chi connectivity index (χ3v) is 5.21. The number of aliphatic carboxylic acids is 1. The van der Waals surface area contributed by atoms with Gasteiger partial charge in [-0.15, -0.1) is 0 Å². The Morgan fingerprint density at radius 2 is 2.00 bits per heavy atom. The summed E-state index contributed by atoms with van der Waals surface area (Å²) in [5, 5.41) is 12.1. The molecule has 6 nitrogen and oxygen atoms in total. The number of rotatable bonds is 5. The van der Waals surface area contributed by atoms with Crippen molar-refractivity contribution in [3.63, 3.8) is 0 Å². The zero-order valence-electron chi connectivity index (χ0n) is 12.9. The number of likely N-dealkylation sites (N-methyl/N-ethyl adjacent to an activating group) is 1. The predicted molar refractivity (Wildman–Crippen MR) is 78.1 cm³/mol. The minimum atomic E-state index is -0.905. The standard InChI is InChI=1S/C15H26N2O4/c1-3-15(6-4-5-7-15)10-16-14(20)17(2)12-9-21-8-11(12)13(18)19/h11-12H,3-10H2,1-2H3,(H,16,20)(H,18,19). The molecule has 6 heteroatoms. The Morgan fingerprint density at radius 3 is 2.57 bits per heavy atom. The molecule has 1 aliphatic heterocycles. The van der Waals surface area contributed by atoms with Gasteiger partial charge in [0, 0.05) is 13.6 Å². The van der Waals surface area contributed by atoms with Gasteiger partial charge in [0.1, 0.15) is 5.92 Å². The molecule has 0 aromatic rings. The van der Waals surface area contributed by atoms with E-state index < -0.39 is 11.9 Å². The summed E-state index contributed by atoms with van der Waals surface area (Å²) in [6.07, 6.45) is 5.87. The highest BCUT2D eigenvalue weighted by atomic mass is 16.5. The molecule has 2 amide bonds. The molecule has 2 unspecified atom stereocenters. The molecule has 0 bridgehead atoms. The van der Waals surface area contributed by atoms with Crippen molar-refractivity contribution >= 4 is 12.0 Å². The lowest BCUT2D eigenvalue weighted by molar-refractivity contribution is -0.142. The maximum atomic E-state index is 12.3. The lowest BCUT2D eigenvalue weighted by atomic mass is 9.83. The van der Waals surface area contributed by atoms with Crippen LogP contribution in [0.4, 0.5) is 4.79 Å². The minimum absolute atomic E-state index is 0.177. The van der Waals surface area contributed by atoms with Crippen molar-refractivity contribution in [2.75, 3.05) is 26.8 Å². The topological polar surface area (TPSA) is 78.9 Å². The summed E-state index contributed by atoms with van der Waals surface area (Å²) in [6.45, 7) is 3.32. The molecule has 2 atom stereocenters. The highest BCUT2D eigenvalue weighted by Crippen LogP contribution is 2.40. The molecule has 21 heavy (non-hydrogen) atoms. The number of urea groups is 1. The molecule has 1 saturated heterocycles. The lowest BCUT2D eigenvalue weighted by Gasteiger charge is -2.31. The maximum absolute atomic E-state index is 12.3. The molecule has 0 aromatic carbocycles. The number of hydrogen-bond donors (Lipinski definition) is 2. The second kappa shape index (κ2) is 6.64. The Hall–Kier alpha value is -1.30. The van der Waals surface area contributed by atoms with Gasteiger partial charge in [-0.25, -0.2) is 4.79 Å². The molecule has 0 spiro atoms. The number of carboxylic acids is 1. The fourth-order valence-corrected chi connectivity index (χ4v) is 3.48. The molecule has 1 saturated carbocycles. The van der Waals surface area contributed by atoms with Crippen molar-refractivity contribution in [2.24, 2.45) is 11.3 Å². The second-order valence-electron chi connectivity index (χ2n) is 6.38. The number of nitrogens with one attached hydrogen (secondary N) is 1. The predicted octanol–water partition coefficient (Wildman–Crippen LogP) is 1.70. The van der Waals surface area contributed by atoms with E-state index in [1.54, 1.807) is 7.05 Å². The Labute approximate surface area is 125 Å². The van der Waals surface area contributed by atoms with Crippen LogP contribution in [-0.4, -0.2) is 54.9 Å². The smallest absolute Gasteiger partial charge is 0.317 e. The van der Waals surface area contributed by atoms with E-state index in [0.29, 0.717) is 13.2 Å². The summed E-state index contributed by atoms with van der Waals surface area (Å²) in [5.74, 6) is -1.54. The molecular weight excluding hydrogens is 272 g/mol. The molecule has 0 radical (unpaired) electrons. The highest BCUT2D eigenvalue weighted by Gasteiger charge is 2.39. The van der Waals surface area contributed by atoms with Gasteiger partial charge in [0.2, 0.25) is 0 Å². The van der Waals surface area contributed by atoms with Crippen LogP contribution in [-0.2, 0) is 9.53 Å². The monoisotopic (exact) mass is 298 g/mol. The van der Waals surface area contributed by atoms with Crippen molar-refractivity contribution in [3.8, 4) is 0 Å². The lowest BCUT2D eigenvalue weighted by Crippen LogP contribution is -2.50. The molecule has 0 aromatic heterocycles. The van der Waals surface area contributed by atoms with Gasteiger partial charge in [-0.1, -0.05) is 19.8 Å². The third kappa shape index (κ3) is 3.48. The van der Waals surface area contributed by atoms with E-state index in [1.165, 1.54) is 17.7 Å². The SMILES string of the molecule is CCC1(CNC(=O)N(C)C2COCC2C(=O)O)CCCC1. The normalized spacial score (nSPS) is 27.5. The number of amides is 2. The number of carbonyl (C=O) groups excluding carboxylic acids is 1. The van der Waals surface area contributed by atoms with E-state index >= 15 is 0 Å². The first-order chi connectivity index (χ1) is 9.99. The Bertz CT molecular complexity index is 393. The summed E-state index contributed by atoms with van der Waals surface area (Å²) in [5.41, 5.74) is 0.231. The van der Waals surface area contributed by atoms with Crippen LogP contribution in [0.3, 0.4) is 0 Å². The number of ether oxygens (including phenoxy) is 1. The largest absolute Gasteiger partial charge is 0.481 e. The fraction of sp³-hybridized carbons (Fsp3) is 0.867. The van der Waals surface area contributed by atoms with Crippen LogP contribution in [0.2, 0.25) is 0 Å². The first-order valence-corrected chi connectivity index (χ1v) is 7.80. The van der Waals surface area contributed by atoms with E-state index in [0.717, 1.165) is 19.3 Å². The molecule has 2 rings (SSSR count). The molecule has 120 valence electrons. The Balaban J connectivity index is 1.89. The Kier molecular flexibility index (Phi) is 5.08. The van der Waals surface area contributed by atoms with Crippen LogP contribution in [0.1, 0.15) is 39.0 Å². The quantitative estimate of drug-likeness (QED) is 0.809. The van der Waals surface area contributed by atoms with Gasteiger partial charge in [0.25, 0.3) is 0 Å². The van der Waals surface area contributed by atoms with Gasteiger partial charge in [-0.05, 0) is 24.7 Å². The van der Waals surface area contributed by atoms with Gasteiger partial charge < -0.3 is 20.1 Å². The van der Waals surface area contributed by atoms with Gasteiger partial charge in [-0.3, -0.25) is 4.79 Å². The third-order valence-electron chi connectivity index (χ3n) is 5.21. The average Bonchev–Trinajstić information content (AvgIpc) is 3.13. The van der Waals surface area contributed by atoms with Crippen molar-refractivity contribution < 1.29 is 19.4 Å². The van der Waals surface area contributed by atoms with Crippen molar-refractivity contribution in [2.45, 2.75) is 45.1 Å². The summed E-state index contributed by atoms with van der Waals surface area (Å²) in [6, 6.07) is -0.583. The summed E-state index contributed by atoms with van der Waals surface area (Å²) < 4.78 is 5.22. The average molecular weight is 298 g/mol. The number of carboxylic acid groups (broad SMARTS) is 1. The van der Waals surface area contributed by atoms with Crippen molar-refractivity contribution in [1.82, 2.24) is 10.2 Å².